The fourth-order valence-electron chi connectivity index (χ4n) is 1.31. The van der Waals surface area contributed by atoms with Crippen molar-refractivity contribution in [1.29, 1.82) is 0 Å². The SMILES string of the molecule is C#CC(CCC)NC(C)C(=O)NCCOC. The van der Waals surface area contributed by atoms with Crippen LogP contribution in [0, 0.1) is 12.3 Å². The van der Waals surface area contributed by atoms with Crippen molar-refractivity contribution < 1.29 is 9.53 Å². The average Bonchev–Trinajstić information content (AvgIpc) is 2.28. The molecule has 92 valence electrons. The van der Waals surface area contributed by atoms with Crippen LogP contribution in [-0.4, -0.2) is 38.3 Å². The maximum Gasteiger partial charge on any atom is 0.236 e. The Bertz CT molecular complexity index is 236. The van der Waals surface area contributed by atoms with E-state index in [9.17, 15) is 4.79 Å². The van der Waals surface area contributed by atoms with Crippen LogP contribution in [0.4, 0.5) is 0 Å². The molecule has 4 heteroatoms. The average molecular weight is 226 g/mol. The summed E-state index contributed by atoms with van der Waals surface area (Å²) in [5.74, 6) is 2.59. The van der Waals surface area contributed by atoms with Gasteiger partial charge in [0.05, 0.1) is 18.7 Å². The molecule has 0 fully saturated rings. The van der Waals surface area contributed by atoms with Gasteiger partial charge in [-0.25, -0.2) is 0 Å². The van der Waals surface area contributed by atoms with Crippen LogP contribution in [0.15, 0.2) is 0 Å². The standard InChI is InChI=1S/C12H22N2O2/c1-5-7-11(6-2)14-10(3)12(15)13-8-9-16-4/h2,10-11,14H,5,7-9H2,1,3-4H3,(H,13,15). The summed E-state index contributed by atoms with van der Waals surface area (Å²) >= 11 is 0. The zero-order valence-electron chi connectivity index (χ0n) is 10.4. The topological polar surface area (TPSA) is 50.4 Å². The maximum absolute atomic E-state index is 11.6. The molecule has 0 aromatic rings. The van der Waals surface area contributed by atoms with E-state index < -0.39 is 0 Å². The van der Waals surface area contributed by atoms with Crippen LogP contribution in [0.25, 0.3) is 0 Å². The van der Waals surface area contributed by atoms with Gasteiger partial charge in [-0.2, -0.15) is 0 Å². The van der Waals surface area contributed by atoms with Crippen molar-refractivity contribution in [3.05, 3.63) is 0 Å². The van der Waals surface area contributed by atoms with Crippen molar-refractivity contribution in [2.24, 2.45) is 0 Å². The van der Waals surface area contributed by atoms with Gasteiger partial charge in [0.25, 0.3) is 0 Å². The zero-order valence-corrected chi connectivity index (χ0v) is 10.4. The molecule has 0 aromatic heterocycles. The van der Waals surface area contributed by atoms with Gasteiger partial charge in [0.2, 0.25) is 5.91 Å². The van der Waals surface area contributed by atoms with Crippen LogP contribution in [-0.2, 0) is 9.53 Å². The third-order valence-electron chi connectivity index (χ3n) is 2.23. The van der Waals surface area contributed by atoms with E-state index in [4.69, 9.17) is 11.2 Å². The Morgan fingerprint density at radius 3 is 2.75 bits per heavy atom. The highest BCUT2D eigenvalue weighted by atomic mass is 16.5. The van der Waals surface area contributed by atoms with E-state index in [1.807, 2.05) is 6.92 Å². The number of hydrogen-bond donors (Lipinski definition) is 2. The van der Waals surface area contributed by atoms with Gasteiger partial charge in [-0.05, 0) is 13.3 Å². The Hall–Kier alpha value is -1.05. The van der Waals surface area contributed by atoms with Crippen LogP contribution in [0.3, 0.4) is 0 Å². The molecule has 2 unspecified atom stereocenters. The van der Waals surface area contributed by atoms with Gasteiger partial charge in [-0.1, -0.05) is 19.3 Å². The number of hydrogen-bond acceptors (Lipinski definition) is 3. The first-order chi connectivity index (χ1) is 7.65. The predicted molar refractivity (Wildman–Crippen MR) is 65.0 cm³/mol. The fourth-order valence-corrected chi connectivity index (χ4v) is 1.31. The molecule has 0 bridgehead atoms. The van der Waals surface area contributed by atoms with Crippen molar-refractivity contribution in [3.8, 4) is 12.3 Å². The maximum atomic E-state index is 11.6. The molecule has 0 aliphatic rings. The van der Waals surface area contributed by atoms with E-state index in [-0.39, 0.29) is 18.0 Å². The first kappa shape index (κ1) is 14.9. The lowest BCUT2D eigenvalue weighted by Gasteiger charge is -2.18. The van der Waals surface area contributed by atoms with Crippen LogP contribution >= 0.6 is 0 Å². The van der Waals surface area contributed by atoms with E-state index >= 15 is 0 Å². The van der Waals surface area contributed by atoms with Crippen molar-refractivity contribution in [2.75, 3.05) is 20.3 Å². The van der Waals surface area contributed by atoms with Crippen molar-refractivity contribution in [1.82, 2.24) is 10.6 Å². The summed E-state index contributed by atoms with van der Waals surface area (Å²) in [5, 5.41) is 5.87. The number of nitrogens with one attached hydrogen (secondary N) is 2. The predicted octanol–water partition coefficient (Wildman–Crippen LogP) is 0.529. The molecule has 0 aliphatic carbocycles. The summed E-state index contributed by atoms with van der Waals surface area (Å²) in [6.45, 7) is 4.92. The van der Waals surface area contributed by atoms with Crippen LogP contribution < -0.4 is 10.6 Å². The third-order valence-corrected chi connectivity index (χ3v) is 2.23. The molecule has 16 heavy (non-hydrogen) atoms. The number of carbonyl (C=O) groups excluding carboxylic acids is 1. The highest BCUT2D eigenvalue weighted by Gasteiger charge is 2.15. The van der Waals surface area contributed by atoms with Gasteiger partial charge in [-0.3, -0.25) is 10.1 Å². The lowest BCUT2D eigenvalue weighted by atomic mass is 10.1. The van der Waals surface area contributed by atoms with E-state index in [1.54, 1.807) is 7.11 Å². The quantitative estimate of drug-likeness (QED) is 0.469. The van der Waals surface area contributed by atoms with E-state index in [2.05, 4.69) is 23.5 Å². The Labute approximate surface area is 98.1 Å². The lowest BCUT2D eigenvalue weighted by Crippen LogP contribution is -2.46. The normalized spacial score (nSPS) is 13.9. The molecule has 0 radical (unpaired) electrons. The summed E-state index contributed by atoms with van der Waals surface area (Å²) in [6, 6.07) is -0.308. The number of ether oxygens (including phenoxy) is 1. The van der Waals surface area contributed by atoms with Crippen LogP contribution in [0.1, 0.15) is 26.7 Å². The fraction of sp³-hybridized carbons (Fsp3) is 0.750. The van der Waals surface area contributed by atoms with E-state index in [0.717, 1.165) is 12.8 Å². The molecule has 0 aromatic carbocycles. The molecule has 0 saturated heterocycles. The highest BCUT2D eigenvalue weighted by Crippen LogP contribution is 1.96. The third kappa shape index (κ3) is 6.44. The van der Waals surface area contributed by atoms with E-state index in [1.165, 1.54) is 0 Å². The first-order valence-electron chi connectivity index (χ1n) is 5.64. The largest absolute Gasteiger partial charge is 0.383 e. The van der Waals surface area contributed by atoms with Crippen LogP contribution in [0.5, 0.6) is 0 Å². The molecular weight excluding hydrogens is 204 g/mol. The second-order valence-corrected chi connectivity index (χ2v) is 3.68. The second kappa shape index (κ2) is 9.20. The molecule has 2 atom stereocenters. The summed E-state index contributed by atoms with van der Waals surface area (Å²) in [5.41, 5.74) is 0. The summed E-state index contributed by atoms with van der Waals surface area (Å²) in [7, 11) is 1.60. The Morgan fingerprint density at radius 1 is 1.56 bits per heavy atom. The molecule has 4 nitrogen and oxygen atoms in total. The number of carbonyl (C=O) groups is 1. The Morgan fingerprint density at radius 2 is 2.25 bits per heavy atom. The first-order valence-corrected chi connectivity index (χ1v) is 5.64. The van der Waals surface area contributed by atoms with Gasteiger partial charge in [-0.15, -0.1) is 6.42 Å². The van der Waals surface area contributed by atoms with Crippen molar-refractivity contribution in [2.45, 2.75) is 38.8 Å². The second-order valence-electron chi connectivity index (χ2n) is 3.68. The van der Waals surface area contributed by atoms with Gasteiger partial charge in [0, 0.05) is 13.7 Å². The summed E-state index contributed by atoms with van der Waals surface area (Å²) in [4.78, 5) is 11.6. The molecule has 0 heterocycles. The molecule has 0 rings (SSSR count). The molecule has 2 N–H and O–H groups in total. The summed E-state index contributed by atoms with van der Waals surface area (Å²) in [6.07, 6.45) is 7.25. The molecular formula is C12H22N2O2. The molecule has 0 spiro atoms. The number of terminal acetylenes is 1. The number of rotatable bonds is 8. The minimum Gasteiger partial charge on any atom is -0.383 e. The molecule has 1 amide bonds. The number of amides is 1. The van der Waals surface area contributed by atoms with Gasteiger partial charge in [0.15, 0.2) is 0 Å². The van der Waals surface area contributed by atoms with Crippen LogP contribution in [0.2, 0.25) is 0 Å². The zero-order chi connectivity index (χ0) is 12.4. The van der Waals surface area contributed by atoms with Gasteiger partial charge in [0.1, 0.15) is 0 Å². The van der Waals surface area contributed by atoms with E-state index in [0.29, 0.717) is 13.2 Å². The smallest absolute Gasteiger partial charge is 0.236 e. The Kier molecular flexibility index (Phi) is 8.59. The van der Waals surface area contributed by atoms with Crippen molar-refractivity contribution >= 4 is 5.91 Å². The van der Waals surface area contributed by atoms with Crippen molar-refractivity contribution in [3.63, 3.8) is 0 Å². The highest BCUT2D eigenvalue weighted by molar-refractivity contribution is 5.81. The van der Waals surface area contributed by atoms with Gasteiger partial charge < -0.3 is 10.1 Å². The lowest BCUT2D eigenvalue weighted by molar-refractivity contribution is -0.123. The molecule has 0 aliphatic heterocycles. The minimum absolute atomic E-state index is 0.0341. The Balaban J connectivity index is 3.89. The van der Waals surface area contributed by atoms with Gasteiger partial charge >= 0.3 is 0 Å². The molecule has 0 saturated carbocycles. The summed E-state index contributed by atoms with van der Waals surface area (Å²) < 4.78 is 4.85. The minimum atomic E-state index is -0.274. The monoisotopic (exact) mass is 226 g/mol. The number of methoxy groups -OCH3 is 1.